The Morgan fingerprint density at radius 1 is 1.14 bits per heavy atom. The van der Waals surface area contributed by atoms with Gasteiger partial charge >= 0.3 is 0 Å². The quantitative estimate of drug-likeness (QED) is 0.747. The van der Waals surface area contributed by atoms with Crippen LogP contribution in [0.4, 0.5) is 0 Å². The fraction of sp³-hybridized carbons (Fsp3) is 0.333. The summed E-state index contributed by atoms with van der Waals surface area (Å²) in [5.41, 5.74) is 2.44. The average molecular weight is 348 g/mol. The first-order valence-electron chi connectivity index (χ1n) is 7.37. The summed E-state index contributed by atoms with van der Waals surface area (Å²) in [5, 5.41) is 3.33. The molecule has 0 spiro atoms. The van der Waals surface area contributed by atoms with Crippen molar-refractivity contribution in [2.75, 3.05) is 6.54 Å². The minimum Gasteiger partial charge on any atom is -0.457 e. The predicted octanol–water partition coefficient (Wildman–Crippen LogP) is 5.47. The first kappa shape index (κ1) is 16.1. The maximum absolute atomic E-state index is 6.10. The van der Waals surface area contributed by atoms with Crippen molar-refractivity contribution in [3.05, 3.63) is 58.1 Å². The first-order chi connectivity index (χ1) is 10.1. The molecule has 21 heavy (non-hydrogen) atoms. The maximum Gasteiger partial charge on any atom is 0.130 e. The van der Waals surface area contributed by atoms with Gasteiger partial charge in [0.05, 0.1) is 0 Å². The van der Waals surface area contributed by atoms with Gasteiger partial charge in [0, 0.05) is 11.0 Å². The third-order valence-electron chi connectivity index (χ3n) is 3.30. The van der Waals surface area contributed by atoms with E-state index in [0.29, 0.717) is 5.92 Å². The topological polar surface area (TPSA) is 21.3 Å². The predicted molar refractivity (Wildman–Crippen MR) is 92.1 cm³/mol. The van der Waals surface area contributed by atoms with Crippen molar-refractivity contribution in [1.29, 1.82) is 0 Å². The van der Waals surface area contributed by atoms with E-state index >= 15 is 0 Å². The normalized spacial score (nSPS) is 10.9. The molecule has 0 saturated heterocycles. The van der Waals surface area contributed by atoms with Gasteiger partial charge in [0.1, 0.15) is 11.5 Å². The molecule has 0 fully saturated rings. The summed E-state index contributed by atoms with van der Waals surface area (Å²) >= 11 is 3.53. The lowest BCUT2D eigenvalue weighted by molar-refractivity contribution is 0.472. The molecule has 2 rings (SSSR count). The molecular formula is C18H22BrNO. The van der Waals surface area contributed by atoms with Crippen LogP contribution in [0.3, 0.4) is 0 Å². The number of nitrogens with one attached hydrogen (secondary N) is 1. The van der Waals surface area contributed by atoms with Crippen LogP contribution in [0.1, 0.15) is 37.8 Å². The van der Waals surface area contributed by atoms with Crippen molar-refractivity contribution in [1.82, 2.24) is 5.32 Å². The van der Waals surface area contributed by atoms with E-state index in [0.717, 1.165) is 29.1 Å². The number of benzene rings is 2. The largest absolute Gasteiger partial charge is 0.457 e. The Morgan fingerprint density at radius 3 is 2.67 bits per heavy atom. The van der Waals surface area contributed by atoms with Gasteiger partial charge in [0.25, 0.3) is 0 Å². The zero-order chi connectivity index (χ0) is 15.2. The molecule has 112 valence electrons. The standard InChI is InChI=1S/C18H22BrNO/c1-4-20-12-14-6-5-7-16(10-14)21-18-9-8-15(19)11-17(18)13(2)3/h5-11,13,20H,4,12H2,1-3H3. The molecule has 2 aromatic rings. The zero-order valence-corrected chi connectivity index (χ0v) is 14.4. The lowest BCUT2D eigenvalue weighted by atomic mass is 10.0. The minimum absolute atomic E-state index is 0.419. The highest BCUT2D eigenvalue weighted by Crippen LogP contribution is 2.33. The summed E-state index contributed by atoms with van der Waals surface area (Å²) in [4.78, 5) is 0. The van der Waals surface area contributed by atoms with E-state index in [1.165, 1.54) is 11.1 Å². The molecule has 0 bridgehead atoms. The Morgan fingerprint density at radius 2 is 1.95 bits per heavy atom. The van der Waals surface area contributed by atoms with Crippen LogP contribution in [0.5, 0.6) is 11.5 Å². The van der Waals surface area contributed by atoms with Crippen LogP contribution in [-0.4, -0.2) is 6.54 Å². The molecule has 2 nitrogen and oxygen atoms in total. The van der Waals surface area contributed by atoms with Crippen LogP contribution in [0, 0.1) is 0 Å². The molecular weight excluding hydrogens is 326 g/mol. The number of ether oxygens (including phenoxy) is 1. The van der Waals surface area contributed by atoms with Gasteiger partial charge in [-0.1, -0.05) is 48.8 Å². The fourth-order valence-electron chi connectivity index (χ4n) is 2.18. The molecule has 0 aliphatic carbocycles. The smallest absolute Gasteiger partial charge is 0.130 e. The second kappa shape index (κ2) is 7.62. The summed E-state index contributed by atoms with van der Waals surface area (Å²) in [6, 6.07) is 14.4. The van der Waals surface area contributed by atoms with Gasteiger partial charge in [0.15, 0.2) is 0 Å². The summed E-state index contributed by atoms with van der Waals surface area (Å²) in [5.74, 6) is 2.23. The number of halogens is 1. The van der Waals surface area contributed by atoms with Crippen LogP contribution in [0.15, 0.2) is 46.9 Å². The lowest BCUT2D eigenvalue weighted by Crippen LogP contribution is -2.11. The molecule has 0 aliphatic rings. The minimum atomic E-state index is 0.419. The third kappa shape index (κ3) is 4.58. The van der Waals surface area contributed by atoms with E-state index in [9.17, 15) is 0 Å². The molecule has 0 aromatic heterocycles. The van der Waals surface area contributed by atoms with Crippen LogP contribution in [-0.2, 0) is 6.54 Å². The van der Waals surface area contributed by atoms with E-state index < -0.39 is 0 Å². The second-order valence-corrected chi connectivity index (χ2v) is 6.28. The highest BCUT2D eigenvalue weighted by Gasteiger charge is 2.09. The van der Waals surface area contributed by atoms with Crippen molar-refractivity contribution in [3.8, 4) is 11.5 Å². The van der Waals surface area contributed by atoms with Gasteiger partial charge in [-0.25, -0.2) is 0 Å². The van der Waals surface area contributed by atoms with E-state index in [2.05, 4.69) is 60.2 Å². The second-order valence-electron chi connectivity index (χ2n) is 5.37. The van der Waals surface area contributed by atoms with E-state index in [-0.39, 0.29) is 0 Å². The molecule has 0 saturated carbocycles. The van der Waals surface area contributed by atoms with E-state index in [4.69, 9.17) is 4.74 Å². The number of rotatable bonds is 6. The fourth-order valence-corrected chi connectivity index (χ4v) is 2.56. The SMILES string of the molecule is CCNCc1cccc(Oc2ccc(Br)cc2C(C)C)c1. The molecule has 0 amide bonds. The van der Waals surface area contributed by atoms with Crippen molar-refractivity contribution < 1.29 is 4.74 Å². The first-order valence-corrected chi connectivity index (χ1v) is 8.16. The van der Waals surface area contributed by atoms with Gasteiger partial charge in [-0.3, -0.25) is 0 Å². The summed E-state index contributed by atoms with van der Waals surface area (Å²) < 4.78 is 7.18. The Labute approximate surface area is 135 Å². The van der Waals surface area contributed by atoms with Gasteiger partial charge in [-0.15, -0.1) is 0 Å². The lowest BCUT2D eigenvalue weighted by Gasteiger charge is -2.15. The van der Waals surface area contributed by atoms with Crippen LogP contribution in [0.25, 0.3) is 0 Å². The summed E-state index contributed by atoms with van der Waals surface area (Å²) in [7, 11) is 0. The van der Waals surface area contributed by atoms with Crippen molar-refractivity contribution >= 4 is 15.9 Å². The van der Waals surface area contributed by atoms with Crippen molar-refractivity contribution in [3.63, 3.8) is 0 Å². The molecule has 0 aliphatic heterocycles. The summed E-state index contributed by atoms with van der Waals surface area (Å²) in [6.07, 6.45) is 0. The number of hydrogen-bond acceptors (Lipinski definition) is 2. The highest BCUT2D eigenvalue weighted by molar-refractivity contribution is 9.10. The molecule has 0 atom stereocenters. The molecule has 3 heteroatoms. The number of hydrogen-bond donors (Lipinski definition) is 1. The maximum atomic E-state index is 6.10. The summed E-state index contributed by atoms with van der Waals surface area (Å²) in [6.45, 7) is 8.30. The van der Waals surface area contributed by atoms with Crippen LogP contribution >= 0.6 is 15.9 Å². The van der Waals surface area contributed by atoms with Gasteiger partial charge in [0.2, 0.25) is 0 Å². The van der Waals surface area contributed by atoms with Gasteiger partial charge in [-0.05, 0) is 53.9 Å². The van der Waals surface area contributed by atoms with Crippen molar-refractivity contribution in [2.24, 2.45) is 0 Å². The molecule has 2 aromatic carbocycles. The van der Waals surface area contributed by atoms with Crippen molar-refractivity contribution in [2.45, 2.75) is 33.2 Å². The van der Waals surface area contributed by atoms with Gasteiger partial charge in [-0.2, -0.15) is 0 Å². The molecule has 1 N–H and O–H groups in total. The van der Waals surface area contributed by atoms with E-state index in [1.54, 1.807) is 0 Å². The van der Waals surface area contributed by atoms with Crippen LogP contribution < -0.4 is 10.1 Å². The Bertz CT molecular complexity index is 596. The average Bonchev–Trinajstić information content (AvgIpc) is 2.47. The molecule has 0 unspecified atom stereocenters. The third-order valence-corrected chi connectivity index (χ3v) is 3.79. The monoisotopic (exact) mass is 347 g/mol. The molecule has 0 radical (unpaired) electrons. The van der Waals surface area contributed by atoms with Crippen LogP contribution in [0.2, 0.25) is 0 Å². The molecule has 0 heterocycles. The Kier molecular flexibility index (Phi) is 5.83. The zero-order valence-electron chi connectivity index (χ0n) is 12.8. The van der Waals surface area contributed by atoms with E-state index in [1.807, 2.05) is 24.3 Å². The Balaban J connectivity index is 2.22. The Hall–Kier alpha value is -1.32. The van der Waals surface area contributed by atoms with Gasteiger partial charge < -0.3 is 10.1 Å². The highest BCUT2D eigenvalue weighted by atomic mass is 79.9.